The van der Waals surface area contributed by atoms with E-state index in [4.69, 9.17) is 39.5 Å². The molecule has 12 heteroatoms. The molecular weight excluding hydrogens is 436 g/mol. The molecule has 0 spiro atoms. The summed E-state index contributed by atoms with van der Waals surface area (Å²) in [5.74, 6) is 0. The first kappa shape index (κ1) is 21.6. The van der Waals surface area contributed by atoms with Gasteiger partial charge in [0, 0.05) is 11.8 Å². The fourth-order valence-corrected chi connectivity index (χ4v) is 3.38. The highest BCUT2D eigenvalue weighted by Gasteiger charge is 2.32. The molecular formula is C16H9Cl2F3N6S. The summed E-state index contributed by atoms with van der Waals surface area (Å²) in [6.07, 6.45) is -0.292. The van der Waals surface area contributed by atoms with Crippen molar-refractivity contribution in [2.24, 2.45) is 10.7 Å². The molecule has 0 atom stereocenters. The molecule has 0 aliphatic rings. The number of halogens is 5. The van der Waals surface area contributed by atoms with Crippen molar-refractivity contribution in [3.63, 3.8) is 0 Å². The van der Waals surface area contributed by atoms with Crippen LogP contribution in [0.3, 0.4) is 0 Å². The third-order valence-corrected chi connectivity index (χ3v) is 4.69. The number of rotatable bonds is 4. The predicted molar refractivity (Wildman–Crippen MR) is 100 cm³/mol. The Morgan fingerprint density at radius 1 is 1.29 bits per heavy atom. The van der Waals surface area contributed by atoms with E-state index in [0.29, 0.717) is 10.6 Å². The van der Waals surface area contributed by atoms with Crippen LogP contribution in [0.1, 0.15) is 11.1 Å². The van der Waals surface area contributed by atoms with Gasteiger partial charge in [-0.25, -0.2) is 9.67 Å². The fraction of sp³-hybridized carbons (Fsp3) is 0.125. The van der Waals surface area contributed by atoms with Gasteiger partial charge >= 0.3 is 6.18 Å². The number of allylic oxidation sites excluding steroid dienone is 2. The second-order valence-corrected chi connectivity index (χ2v) is 6.66. The lowest BCUT2D eigenvalue weighted by molar-refractivity contribution is -0.137. The first-order valence-corrected chi connectivity index (χ1v) is 9.14. The number of nitrogens with two attached hydrogens (primary N) is 1. The lowest BCUT2D eigenvalue weighted by Gasteiger charge is -2.14. The summed E-state index contributed by atoms with van der Waals surface area (Å²) in [4.78, 5) is 3.85. The molecule has 2 rings (SSSR count). The summed E-state index contributed by atoms with van der Waals surface area (Å²) in [7, 11) is 0. The van der Waals surface area contributed by atoms with Gasteiger partial charge in [-0.05, 0) is 18.4 Å². The molecule has 1 aromatic heterocycles. The molecule has 0 saturated heterocycles. The highest BCUT2D eigenvalue weighted by Crippen LogP contribution is 2.38. The highest BCUT2D eigenvalue weighted by molar-refractivity contribution is 7.98. The highest BCUT2D eigenvalue weighted by atomic mass is 35.5. The maximum atomic E-state index is 12.9. The van der Waals surface area contributed by atoms with Gasteiger partial charge < -0.3 is 5.73 Å². The van der Waals surface area contributed by atoms with Crippen molar-refractivity contribution in [1.82, 2.24) is 9.78 Å². The third kappa shape index (κ3) is 4.42. The molecule has 0 radical (unpaired) electrons. The number of nitriles is 2. The minimum Gasteiger partial charge on any atom is -0.388 e. The summed E-state index contributed by atoms with van der Waals surface area (Å²) in [6.45, 7) is 0. The molecule has 144 valence electrons. The van der Waals surface area contributed by atoms with E-state index < -0.39 is 11.7 Å². The fourth-order valence-electron chi connectivity index (χ4n) is 2.08. The Morgan fingerprint density at radius 2 is 1.89 bits per heavy atom. The summed E-state index contributed by atoms with van der Waals surface area (Å²) < 4.78 is 40.0. The third-order valence-electron chi connectivity index (χ3n) is 3.32. The van der Waals surface area contributed by atoms with E-state index in [1.165, 1.54) is 28.9 Å². The van der Waals surface area contributed by atoms with Gasteiger partial charge in [-0.15, -0.1) is 11.8 Å². The van der Waals surface area contributed by atoms with Gasteiger partial charge in [-0.2, -0.15) is 28.8 Å². The minimum absolute atomic E-state index is 0.0629. The number of aromatic nitrogens is 2. The van der Waals surface area contributed by atoms with Gasteiger partial charge in [0.1, 0.15) is 28.5 Å². The smallest absolute Gasteiger partial charge is 0.388 e. The molecule has 1 heterocycles. The van der Waals surface area contributed by atoms with Crippen molar-refractivity contribution < 1.29 is 13.2 Å². The first-order valence-electron chi connectivity index (χ1n) is 7.16. The molecule has 0 unspecified atom stereocenters. The lowest BCUT2D eigenvalue weighted by atomic mass is 10.2. The molecule has 1 aromatic carbocycles. The van der Waals surface area contributed by atoms with Crippen molar-refractivity contribution in [1.29, 1.82) is 10.5 Å². The molecule has 0 saturated carbocycles. The molecule has 28 heavy (non-hydrogen) atoms. The Hall–Kier alpha value is -2.66. The Balaban J connectivity index is 2.57. The molecule has 0 bridgehead atoms. The van der Waals surface area contributed by atoms with Crippen molar-refractivity contribution in [3.05, 3.63) is 50.9 Å². The van der Waals surface area contributed by atoms with Gasteiger partial charge in [0.15, 0.2) is 5.70 Å². The van der Waals surface area contributed by atoms with Crippen LogP contribution in [0, 0.1) is 22.7 Å². The molecule has 0 aliphatic carbocycles. The van der Waals surface area contributed by atoms with Gasteiger partial charge in [0.05, 0.1) is 21.8 Å². The van der Waals surface area contributed by atoms with E-state index in [0.717, 1.165) is 12.1 Å². The van der Waals surface area contributed by atoms with Gasteiger partial charge in [0.2, 0.25) is 0 Å². The monoisotopic (exact) mass is 444 g/mol. The number of benzene rings is 1. The second-order valence-electron chi connectivity index (χ2n) is 5.05. The molecule has 0 fully saturated rings. The number of hydrogen-bond acceptors (Lipinski definition) is 6. The van der Waals surface area contributed by atoms with E-state index in [-0.39, 0.29) is 27.1 Å². The standard InChI is InChI=1S/C16H9Cl2F3N6S/c1-28-15-8(6-25-13(5-23)12(24)4-22)7-26-27(15)14-10(17)2-9(3-11(14)18)16(19,20)21/h2-3,6-7H,24H2,1H3/b13-12-,25-6?. The maximum absolute atomic E-state index is 12.9. The van der Waals surface area contributed by atoms with Gasteiger partial charge in [-0.3, -0.25) is 0 Å². The van der Waals surface area contributed by atoms with Crippen molar-refractivity contribution in [2.75, 3.05) is 6.26 Å². The molecule has 2 N–H and O–H groups in total. The predicted octanol–water partition coefficient (Wildman–Crippen LogP) is 4.56. The van der Waals surface area contributed by atoms with E-state index >= 15 is 0 Å². The van der Waals surface area contributed by atoms with Crippen LogP contribution in [-0.4, -0.2) is 22.3 Å². The second kappa shape index (κ2) is 8.57. The van der Waals surface area contributed by atoms with Crippen LogP contribution in [0.4, 0.5) is 13.2 Å². The Labute approximate surface area is 171 Å². The average Bonchev–Trinajstić information content (AvgIpc) is 3.03. The lowest BCUT2D eigenvalue weighted by Crippen LogP contribution is -2.07. The van der Waals surface area contributed by atoms with Crippen LogP contribution >= 0.6 is 35.0 Å². The quantitative estimate of drug-likeness (QED) is 0.422. The first-order chi connectivity index (χ1) is 13.1. The number of aliphatic imine (C=N–C) groups is 1. The summed E-state index contributed by atoms with van der Waals surface area (Å²) >= 11 is 13.3. The van der Waals surface area contributed by atoms with Crippen molar-refractivity contribution in [3.8, 4) is 17.8 Å². The average molecular weight is 445 g/mol. The van der Waals surface area contributed by atoms with Crippen molar-refractivity contribution >= 4 is 41.2 Å². The zero-order valence-corrected chi connectivity index (χ0v) is 16.2. The molecule has 0 amide bonds. The van der Waals surface area contributed by atoms with Gasteiger partial charge in [-0.1, -0.05) is 23.2 Å². The van der Waals surface area contributed by atoms with E-state index in [1.54, 1.807) is 18.4 Å². The number of thioether (sulfide) groups is 1. The summed E-state index contributed by atoms with van der Waals surface area (Å²) in [5, 5.41) is 21.8. The zero-order chi connectivity index (χ0) is 21.1. The SMILES string of the molecule is CSc1c(C=N/C(C#N)=C(\N)C#N)cnn1-c1c(Cl)cc(C(F)(F)F)cc1Cl. The normalized spacial score (nSPS) is 12.6. The molecule has 0 aliphatic heterocycles. The number of hydrogen-bond donors (Lipinski definition) is 1. The number of nitrogens with zero attached hydrogens (tertiary/aromatic N) is 5. The Kier molecular flexibility index (Phi) is 6.62. The molecule has 2 aromatic rings. The maximum Gasteiger partial charge on any atom is 0.416 e. The van der Waals surface area contributed by atoms with E-state index in [2.05, 4.69) is 10.1 Å². The van der Waals surface area contributed by atoms with Crippen LogP contribution < -0.4 is 5.73 Å². The van der Waals surface area contributed by atoms with Crippen molar-refractivity contribution in [2.45, 2.75) is 11.2 Å². The van der Waals surface area contributed by atoms with Crippen LogP contribution in [0.25, 0.3) is 5.69 Å². The van der Waals surface area contributed by atoms with Crippen LogP contribution in [0.2, 0.25) is 10.0 Å². The molecule has 6 nitrogen and oxygen atoms in total. The zero-order valence-electron chi connectivity index (χ0n) is 13.9. The van der Waals surface area contributed by atoms with Gasteiger partial charge in [0.25, 0.3) is 0 Å². The van der Waals surface area contributed by atoms with Crippen LogP contribution in [0.5, 0.6) is 0 Å². The Bertz CT molecular complexity index is 1040. The van der Waals surface area contributed by atoms with E-state index in [9.17, 15) is 13.2 Å². The number of alkyl halides is 3. The van der Waals surface area contributed by atoms with Crippen LogP contribution in [-0.2, 0) is 6.18 Å². The Morgan fingerprint density at radius 3 is 2.36 bits per heavy atom. The van der Waals surface area contributed by atoms with Crippen LogP contribution in [0.15, 0.2) is 39.7 Å². The van der Waals surface area contributed by atoms with E-state index in [1.807, 2.05) is 0 Å². The topological polar surface area (TPSA) is 104 Å². The summed E-state index contributed by atoms with van der Waals surface area (Å²) in [6, 6.07) is 4.81. The minimum atomic E-state index is -4.60. The largest absolute Gasteiger partial charge is 0.416 e. The summed E-state index contributed by atoms with van der Waals surface area (Å²) in [5.41, 5.74) is 4.23.